The first-order valence-electron chi connectivity index (χ1n) is 7.34. The third-order valence-electron chi connectivity index (χ3n) is 3.56. The number of carboxylic acid groups (broad SMARTS) is 1. The molecular weight excluding hydrogens is 296 g/mol. The van der Waals surface area contributed by atoms with E-state index in [0.29, 0.717) is 5.82 Å². The van der Waals surface area contributed by atoms with Crippen LogP contribution in [0.1, 0.15) is 28.8 Å². The summed E-state index contributed by atoms with van der Waals surface area (Å²) in [6.45, 7) is 0.191. The van der Waals surface area contributed by atoms with E-state index in [9.17, 15) is 9.59 Å². The van der Waals surface area contributed by atoms with E-state index in [1.54, 1.807) is 0 Å². The second kappa shape index (κ2) is 6.48. The fourth-order valence-electron chi connectivity index (χ4n) is 2.21. The zero-order valence-corrected chi connectivity index (χ0v) is 12.4. The molecule has 1 amide bonds. The van der Waals surface area contributed by atoms with Crippen LogP contribution in [-0.4, -0.2) is 28.2 Å². The summed E-state index contributed by atoms with van der Waals surface area (Å²) in [6, 6.07) is 12.5. The average molecular weight is 312 g/mol. The molecule has 0 bridgehead atoms. The van der Waals surface area contributed by atoms with Crippen LogP contribution in [0.15, 0.2) is 48.7 Å². The molecular formula is C17H16N2O4. The Balaban J connectivity index is 1.71. The minimum absolute atomic E-state index is 0.0708. The van der Waals surface area contributed by atoms with Crippen molar-refractivity contribution in [2.24, 2.45) is 0 Å². The number of benzene rings is 1. The van der Waals surface area contributed by atoms with Gasteiger partial charge in [0.2, 0.25) is 0 Å². The highest BCUT2D eigenvalue weighted by Gasteiger charge is 2.35. The van der Waals surface area contributed by atoms with Crippen molar-refractivity contribution in [3.05, 3.63) is 59.8 Å². The quantitative estimate of drug-likeness (QED) is 0.917. The lowest BCUT2D eigenvalue weighted by atomic mass is 10.2. The van der Waals surface area contributed by atoms with Crippen LogP contribution in [0.3, 0.4) is 0 Å². The fraction of sp³-hybridized carbons (Fsp3) is 0.235. The Morgan fingerprint density at radius 1 is 1.17 bits per heavy atom. The molecule has 0 unspecified atom stereocenters. The SMILES string of the molecule is O=C(O)c1ccc(N(C(=O)OCc2ccccc2)C2CC2)nc1. The molecule has 3 rings (SSSR count). The van der Waals surface area contributed by atoms with Crippen LogP contribution in [0.4, 0.5) is 10.6 Å². The minimum atomic E-state index is -1.05. The van der Waals surface area contributed by atoms with Crippen molar-refractivity contribution < 1.29 is 19.4 Å². The van der Waals surface area contributed by atoms with Crippen LogP contribution in [0.5, 0.6) is 0 Å². The monoisotopic (exact) mass is 312 g/mol. The second-order valence-electron chi connectivity index (χ2n) is 5.35. The molecule has 1 aromatic carbocycles. The Labute approximate surface area is 133 Å². The lowest BCUT2D eigenvalue weighted by Crippen LogP contribution is -2.34. The first-order chi connectivity index (χ1) is 11.1. The highest BCUT2D eigenvalue weighted by molar-refractivity contribution is 5.90. The number of ether oxygens (including phenoxy) is 1. The number of pyridine rings is 1. The maximum atomic E-state index is 12.4. The summed E-state index contributed by atoms with van der Waals surface area (Å²) in [4.78, 5) is 28.8. The average Bonchev–Trinajstić information content (AvgIpc) is 3.39. The molecule has 2 aromatic rings. The van der Waals surface area contributed by atoms with Crippen molar-refractivity contribution in [1.29, 1.82) is 0 Å². The van der Waals surface area contributed by atoms with E-state index >= 15 is 0 Å². The largest absolute Gasteiger partial charge is 0.478 e. The molecule has 23 heavy (non-hydrogen) atoms. The summed E-state index contributed by atoms with van der Waals surface area (Å²) >= 11 is 0. The molecule has 1 aromatic heterocycles. The maximum Gasteiger partial charge on any atom is 0.416 e. The van der Waals surface area contributed by atoms with Crippen molar-refractivity contribution in [3.8, 4) is 0 Å². The lowest BCUT2D eigenvalue weighted by Gasteiger charge is -2.20. The Bertz CT molecular complexity index is 696. The molecule has 0 atom stereocenters. The number of carboxylic acids is 1. The second-order valence-corrected chi connectivity index (χ2v) is 5.35. The predicted molar refractivity (Wildman–Crippen MR) is 83.3 cm³/mol. The van der Waals surface area contributed by atoms with Crippen molar-refractivity contribution in [2.45, 2.75) is 25.5 Å². The van der Waals surface area contributed by atoms with E-state index < -0.39 is 12.1 Å². The smallest absolute Gasteiger partial charge is 0.416 e. The summed E-state index contributed by atoms with van der Waals surface area (Å²) in [6.07, 6.45) is 2.57. The summed E-state index contributed by atoms with van der Waals surface area (Å²) in [5, 5.41) is 8.91. The molecule has 6 heteroatoms. The summed E-state index contributed by atoms with van der Waals surface area (Å²) in [7, 11) is 0. The van der Waals surface area contributed by atoms with E-state index in [0.717, 1.165) is 18.4 Å². The third kappa shape index (κ3) is 3.66. The zero-order valence-electron chi connectivity index (χ0n) is 12.4. The van der Waals surface area contributed by atoms with Gasteiger partial charge in [-0.2, -0.15) is 0 Å². The lowest BCUT2D eigenvalue weighted by molar-refractivity contribution is 0.0696. The Morgan fingerprint density at radius 3 is 2.48 bits per heavy atom. The topological polar surface area (TPSA) is 79.7 Å². The maximum absolute atomic E-state index is 12.4. The molecule has 1 saturated carbocycles. The van der Waals surface area contributed by atoms with Gasteiger partial charge in [0, 0.05) is 12.2 Å². The van der Waals surface area contributed by atoms with Gasteiger partial charge in [0.25, 0.3) is 0 Å². The number of hydrogen-bond acceptors (Lipinski definition) is 4. The number of carbonyl (C=O) groups excluding carboxylic acids is 1. The van der Waals surface area contributed by atoms with Gasteiger partial charge < -0.3 is 9.84 Å². The van der Waals surface area contributed by atoms with Crippen LogP contribution < -0.4 is 4.90 Å². The number of carbonyl (C=O) groups is 2. The van der Waals surface area contributed by atoms with Gasteiger partial charge in [-0.1, -0.05) is 30.3 Å². The van der Waals surface area contributed by atoms with Crippen LogP contribution in [0, 0.1) is 0 Å². The van der Waals surface area contributed by atoms with Crippen molar-refractivity contribution in [1.82, 2.24) is 4.98 Å². The van der Waals surface area contributed by atoms with Crippen LogP contribution in [0.2, 0.25) is 0 Å². The molecule has 0 spiro atoms. The number of rotatable bonds is 5. The predicted octanol–water partition coefficient (Wildman–Crippen LogP) is 3.09. The van der Waals surface area contributed by atoms with Gasteiger partial charge in [-0.3, -0.25) is 4.90 Å². The molecule has 118 valence electrons. The van der Waals surface area contributed by atoms with Gasteiger partial charge in [-0.15, -0.1) is 0 Å². The minimum Gasteiger partial charge on any atom is -0.478 e. The number of aromatic nitrogens is 1. The number of nitrogens with zero attached hydrogens (tertiary/aromatic N) is 2. The first kappa shape index (κ1) is 15.0. The molecule has 1 fully saturated rings. The van der Waals surface area contributed by atoms with Gasteiger partial charge in [-0.05, 0) is 30.5 Å². The zero-order chi connectivity index (χ0) is 16.2. The fourth-order valence-corrected chi connectivity index (χ4v) is 2.21. The summed E-state index contributed by atoms with van der Waals surface area (Å²) in [5.74, 6) is -0.635. The van der Waals surface area contributed by atoms with Crippen LogP contribution in [0.25, 0.3) is 0 Å². The first-order valence-corrected chi connectivity index (χ1v) is 7.34. The van der Waals surface area contributed by atoms with E-state index in [4.69, 9.17) is 9.84 Å². The van der Waals surface area contributed by atoms with Crippen molar-refractivity contribution in [2.75, 3.05) is 4.90 Å². The number of hydrogen-bond donors (Lipinski definition) is 1. The Kier molecular flexibility index (Phi) is 4.23. The summed E-state index contributed by atoms with van der Waals surface area (Å²) < 4.78 is 5.35. The van der Waals surface area contributed by atoms with E-state index in [1.165, 1.54) is 23.2 Å². The Morgan fingerprint density at radius 2 is 1.91 bits per heavy atom. The van der Waals surface area contributed by atoms with Crippen molar-refractivity contribution >= 4 is 17.9 Å². The third-order valence-corrected chi connectivity index (χ3v) is 3.56. The molecule has 1 N–H and O–H groups in total. The standard InChI is InChI=1S/C17H16N2O4/c20-16(21)13-6-9-15(18-10-13)19(14-7-8-14)17(22)23-11-12-4-2-1-3-5-12/h1-6,9-10,14H,7-8,11H2,(H,20,21). The molecule has 1 aliphatic rings. The Hall–Kier alpha value is -2.89. The van der Waals surface area contributed by atoms with Crippen molar-refractivity contribution in [3.63, 3.8) is 0 Å². The normalized spacial score (nSPS) is 13.4. The van der Waals surface area contributed by atoms with E-state index in [1.807, 2.05) is 30.3 Å². The molecule has 0 saturated heterocycles. The summed E-state index contributed by atoms with van der Waals surface area (Å²) in [5.41, 5.74) is 0.993. The van der Waals surface area contributed by atoms with Gasteiger partial charge in [0.15, 0.2) is 0 Å². The van der Waals surface area contributed by atoms with Crippen LogP contribution in [-0.2, 0) is 11.3 Å². The number of aromatic carboxylic acids is 1. The molecule has 1 aliphatic carbocycles. The molecule has 0 aliphatic heterocycles. The molecule has 1 heterocycles. The van der Waals surface area contributed by atoms with E-state index in [2.05, 4.69) is 4.98 Å². The van der Waals surface area contributed by atoms with Gasteiger partial charge in [0.1, 0.15) is 12.4 Å². The highest BCUT2D eigenvalue weighted by atomic mass is 16.6. The van der Waals surface area contributed by atoms with Gasteiger partial charge in [0.05, 0.1) is 5.56 Å². The van der Waals surface area contributed by atoms with Gasteiger partial charge in [-0.25, -0.2) is 14.6 Å². The van der Waals surface area contributed by atoms with E-state index in [-0.39, 0.29) is 18.2 Å². The molecule has 6 nitrogen and oxygen atoms in total. The molecule has 0 radical (unpaired) electrons. The number of amides is 1. The highest BCUT2D eigenvalue weighted by Crippen LogP contribution is 2.31. The van der Waals surface area contributed by atoms with Crippen LogP contribution >= 0.6 is 0 Å². The van der Waals surface area contributed by atoms with Gasteiger partial charge >= 0.3 is 12.1 Å². The number of anilines is 1.